The van der Waals surface area contributed by atoms with Gasteiger partial charge in [-0.2, -0.15) is 0 Å². The van der Waals surface area contributed by atoms with Gasteiger partial charge >= 0.3 is 0 Å². The number of carbonyl (C=O) groups is 1. The zero-order chi connectivity index (χ0) is 16.5. The smallest absolute Gasteiger partial charge is 0.251 e. The molecule has 0 atom stereocenters. The highest BCUT2D eigenvalue weighted by molar-refractivity contribution is 5.95. The summed E-state index contributed by atoms with van der Waals surface area (Å²) in [6, 6.07) is 5.16. The lowest BCUT2D eigenvalue weighted by Gasteiger charge is -2.13. The minimum Gasteiger partial charge on any atom is -0.491 e. The van der Waals surface area contributed by atoms with Crippen LogP contribution < -0.4 is 15.8 Å². The van der Waals surface area contributed by atoms with E-state index in [-0.39, 0.29) is 5.91 Å². The molecule has 1 aromatic rings. The molecule has 0 saturated carbocycles. The van der Waals surface area contributed by atoms with Crippen LogP contribution in [-0.4, -0.2) is 44.6 Å². The maximum Gasteiger partial charge on any atom is 0.251 e. The molecule has 5 heteroatoms. The van der Waals surface area contributed by atoms with Crippen molar-refractivity contribution >= 4 is 11.6 Å². The largest absolute Gasteiger partial charge is 0.491 e. The van der Waals surface area contributed by atoms with Gasteiger partial charge in [0.05, 0.1) is 12.3 Å². The van der Waals surface area contributed by atoms with Crippen molar-refractivity contribution in [3.8, 4) is 5.75 Å². The molecule has 0 unspecified atom stereocenters. The fourth-order valence-electron chi connectivity index (χ4n) is 1.91. The van der Waals surface area contributed by atoms with Crippen LogP contribution in [0.4, 0.5) is 5.69 Å². The number of nitrogens with two attached hydrogens (primary N) is 1. The van der Waals surface area contributed by atoms with Crippen molar-refractivity contribution in [2.75, 3.05) is 39.5 Å². The number of amides is 1. The molecule has 5 nitrogen and oxygen atoms in total. The molecule has 0 fully saturated rings. The van der Waals surface area contributed by atoms with Gasteiger partial charge in [-0.15, -0.1) is 0 Å². The normalized spacial score (nSPS) is 11.0. The van der Waals surface area contributed by atoms with Gasteiger partial charge in [0.15, 0.2) is 0 Å². The number of hydrogen-bond acceptors (Lipinski definition) is 4. The summed E-state index contributed by atoms with van der Waals surface area (Å²) in [5.74, 6) is 0.904. The summed E-state index contributed by atoms with van der Waals surface area (Å²) in [5, 5.41) is 2.93. The number of benzene rings is 1. The number of ether oxygens (including phenoxy) is 1. The third-order valence-corrected chi connectivity index (χ3v) is 3.17. The van der Waals surface area contributed by atoms with Crippen LogP contribution in [-0.2, 0) is 0 Å². The highest BCUT2D eigenvalue weighted by Gasteiger charge is 2.09. The highest BCUT2D eigenvalue weighted by Crippen LogP contribution is 2.23. The SMILES string of the molecule is CC(C)COc1cc(C(=O)NCCCCN(C)C)ccc1N. The third-order valence-electron chi connectivity index (χ3n) is 3.17. The topological polar surface area (TPSA) is 67.6 Å². The van der Waals surface area contributed by atoms with Crippen LogP contribution in [0.1, 0.15) is 37.0 Å². The van der Waals surface area contributed by atoms with Gasteiger partial charge in [0.25, 0.3) is 5.91 Å². The first kappa shape index (κ1) is 18.3. The monoisotopic (exact) mass is 307 g/mol. The Kier molecular flexibility index (Phi) is 7.74. The molecule has 0 aliphatic carbocycles. The molecular weight excluding hydrogens is 278 g/mol. The van der Waals surface area contributed by atoms with E-state index in [1.54, 1.807) is 18.2 Å². The zero-order valence-corrected chi connectivity index (χ0v) is 14.2. The van der Waals surface area contributed by atoms with E-state index >= 15 is 0 Å². The van der Waals surface area contributed by atoms with Gasteiger partial charge in [-0.05, 0) is 57.6 Å². The number of nitrogens with zero attached hydrogens (tertiary/aromatic N) is 1. The summed E-state index contributed by atoms with van der Waals surface area (Å²) in [5.41, 5.74) is 7.02. The first-order valence-corrected chi connectivity index (χ1v) is 7.85. The minimum atomic E-state index is -0.0840. The molecule has 0 heterocycles. The second kappa shape index (κ2) is 9.30. The minimum absolute atomic E-state index is 0.0840. The number of nitrogen functional groups attached to an aromatic ring is 1. The van der Waals surface area contributed by atoms with Crippen molar-refractivity contribution in [2.24, 2.45) is 5.92 Å². The van der Waals surface area contributed by atoms with Crippen molar-refractivity contribution in [1.82, 2.24) is 10.2 Å². The lowest BCUT2D eigenvalue weighted by molar-refractivity contribution is 0.0952. The van der Waals surface area contributed by atoms with Gasteiger partial charge in [0, 0.05) is 12.1 Å². The first-order valence-electron chi connectivity index (χ1n) is 7.85. The average molecular weight is 307 g/mol. The Labute approximate surface area is 133 Å². The lowest BCUT2D eigenvalue weighted by atomic mass is 10.1. The van der Waals surface area contributed by atoms with E-state index < -0.39 is 0 Å². The van der Waals surface area contributed by atoms with E-state index in [9.17, 15) is 4.79 Å². The predicted octanol–water partition coefficient (Wildman–Crippen LogP) is 2.38. The van der Waals surface area contributed by atoms with Crippen LogP contribution in [0.2, 0.25) is 0 Å². The van der Waals surface area contributed by atoms with Crippen LogP contribution in [0.15, 0.2) is 18.2 Å². The fourth-order valence-corrected chi connectivity index (χ4v) is 1.91. The Hall–Kier alpha value is -1.75. The maximum absolute atomic E-state index is 12.1. The number of hydrogen-bond donors (Lipinski definition) is 2. The number of nitrogens with one attached hydrogen (secondary N) is 1. The fraction of sp³-hybridized carbons (Fsp3) is 0.588. The molecule has 0 spiro atoms. The van der Waals surface area contributed by atoms with E-state index in [1.807, 2.05) is 14.1 Å². The summed E-state index contributed by atoms with van der Waals surface area (Å²) < 4.78 is 5.65. The number of rotatable bonds is 9. The van der Waals surface area contributed by atoms with Crippen LogP contribution in [0.3, 0.4) is 0 Å². The molecule has 22 heavy (non-hydrogen) atoms. The Morgan fingerprint density at radius 2 is 2.05 bits per heavy atom. The molecule has 0 aliphatic heterocycles. The summed E-state index contributed by atoms with van der Waals surface area (Å²) in [4.78, 5) is 14.3. The van der Waals surface area contributed by atoms with Gasteiger partial charge in [0.2, 0.25) is 0 Å². The van der Waals surface area contributed by atoms with Crippen LogP contribution in [0, 0.1) is 5.92 Å². The van der Waals surface area contributed by atoms with Gasteiger partial charge in [-0.3, -0.25) is 4.79 Å². The van der Waals surface area contributed by atoms with Gasteiger partial charge in [-0.1, -0.05) is 13.8 Å². The molecule has 0 aromatic heterocycles. The Bertz CT molecular complexity index is 473. The second-order valence-electron chi connectivity index (χ2n) is 6.22. The van der Waals surface area contributed by atoms with Crippen molar-refractivity contribution in [2.45, 2.75) is 26.7 Å². The van der Waals surface area contributed by atoms with Gasteiger partial charge < -0.3 is 20.7 Å². The average Bonchev–Trinajstić information content (AvgIpc) is 2.45. The van der Waals surface area contributed by atoms with Crippen molar-refractivity contribution in [3.63, 3.8) is 0 Å². The molecule has 3 N–H and O–H groups in total. The van der Waals surface area contributed by atoms with Crippen molar-refractivity contribution in [3.05, 3.63) is 23.8 Å². The van der Waals surface area contributed by atoms with E-state index in [2.05, 4.69) is 24.1 Å². The predicted molar refractivity (Wildman–Crippen MR) is 91.3 cm³/mol. The van der Waals surface area contributed by atoms with Crippen LogP contribution in [0.25, 0.3) is 0 Å². The van der Waals surface area contributed by atoms with Crippen molar-refractivity contribution < 1.29 is 9.53 Å². The van der Waals surface area contributed by atoms with Crippen molar-refractivity contribution in [1.29, 1.82) is 0 Å². The Balaban J connectivity index is 2.49. The molecule has 1 amide bonds. The molecule has 0 bridgehead atoms. The van der Waals surface area contributed by atoms with E-state index in [0.717, 1.165) is 19.4 Å². The van der Waals surface area contributed by atoms with Crippen LogP contribution >= 0.6 is 0 Å². The zero-order valence-electron chi connectivity index (χ0n) is 14.2. The molecule has 1 aromatic carbocycles. The lowest BCUT2D eigenvalue weighted by Crippen LogP contribution is -2.25. The quantitative estimate of drug-likeness (QED) is 0.543. The van der Waals surface area contributed by atoms with E-state index in [4.69, 9.17) is 10.5 Å². The molecule has 0 saturated heterocycles. The number of unbranched alkanes of at least 4 members (excludes halogenated alkanes) is 1. The number of anilines is 1. The molecule has 0 radical (unpaired) electrons. The third kappa shape index (κ3) is 6.80. The molecule has 1 rings (SSSR count). The highest BCUT2D eigenvalue weighted by atomic mass is 16.5. The summed E-state index contributed by atoms with van der Waals surface area (Å²) >= 11 is 0. The van der Waals surface area contributed by atoms with E-state index in [0.29, 0.717) is 36.1 Å². The molecule has 124 valence electrons. The Morgan fingerprint density at radius 1 is 1.32 bits per heavy atom. The molecular formula is C17H29N3O2. The summed E-state index contributed by atoms with van der Waals surface area (Å²) in [6.45, 7) is 6.44. The molecule has 0 aliphatic rings. The summed E-state index contributed by atoms with van der Waals surface area (Å²) in [6.07, 6.45) is 2.04. The van der Waals surface area contributed by atoms with E-state index in [1.165, 1.54) is 0 Å². The second-order valence-corrected chi connectivity index (χ2v) is 6.22. The maximum atomic E-state index is 12.1. The summed E-state index contributed by atoms with van der Waals surface area (Å²) in [7, 11) is 4.09. The van der Waals surface area contributed by atoms with Gasteiger partial charge in [-0.25, -0.2) is 0 Å². The van der Waals surface area contributed by atoms with Gasteiger partial charge in [0.1, 0.15) is 5.75 Å². The number of carbonyl (C=O) groups excluding carboxylic acids is 1. The Morgan fingerprint density at radius 3 is 2.68 bits per heavy atom. The standard InChI is InChI=1S/C17H29N3O2/c1-13(2)12-22-16-11-14(7-8-15(16)18)17(21)19-9-5-6-10-20(3)4/h7-8,11,13H,5-6,9-10,12,18H2,1-4H3,(H,19,21). The van der Waals surface area contributed by atoms with Crippen LogP contribution in [0.5, 0.6) is 5.75 Å². The first-order chi connectivity index (χ1) is 10.4.